The Bertz CT molecular complexity index is 583. The maximum absolute atomic E-state index is 11.9. The second kappa shape index (κ2) is 6.27. The molecule has 100 valence electrons. The summed E-state index contributed by atoms with van der Waals surface area (Å²) >= 11 is 5.93. The second-order valence-corrected chi connectivity index (χ2v) is 6.98. The van der Waals surface area contributed by atoms with Crippen LogP contribution < -0.4 is 10.6 Å². The Morgan fingerprint density at radius 3 is 2.79 bits per heavy atom. The zero-order chi connectivity index (χ0) is 13.8. The molecule has 2 amide bonds. The van der Waals surface area contributed by atoms with Crippen molar-refractivity contribution in [1.82, 2.24) is 10.3 Å². The number of rotatable bonds is 4. The number of amides is 2. The van der Waals surface area contributed by atoms with Crippen LogP contribution in [0.5, 0.6) is 0 Å². The number of halogens is 1. The number of aromatic nitrogens is 1. The third-order valence-electron chi connectivity index (χ3n) is 2.20. The van der Waals surface area contributed by atoms with Crippen molar-refractivity contribution in [3.63, 3.8) is 0 Å². The normalized spacial score (nSPS) is 11.9. The van der Waals surface area contributed by atoms with E-state index in [2.05, 4.69) is 31.5 Å². The molecule has 0 aliphatic carbocycles. The van der Waals surface area contributed by atoms with E-state index in [-0.39, 0.29) is 11.8 Å². The van der Waals surface area contributed by atoms with Crippen molar-refractivity contribution >= 4 is 55.5 Å². The molecule has 0 fully saturated rings. The van der Waals surface area contributed by atoms with Crippen molar-refractivity contribution in [2.75, 3.05) is 5.32 Å². The number of hydrogen-bond donors (Lipinski definition) is 2. The van der Waals surface area contributed by atoms with E-state index in [4.69, 9.17) is 0 Å². The molecule has 1 atom stereocenters. The molecule has 0 saturated heterocycles. The Kier molecular flexibility index (Phi) is 4.67. The van der Waals surface area contributed by atoms with Gasteiger partial charge in [0.25, 0.3) is 5.91 Å². The molecule has 2 heterocycles. The Morgan fingerprint density at radius 2 is 2.21 bits per heavy atom. The third kappa shape index (κ3) is 3.85. The van der Waals surface area contributed by atoms with E-state index in [9.17, 15) is 9.59 Å². The molecular weight excluding hydrogens is 350 g/mol. The van der Waals surface area contributed by atoms with E-state index in [1.54, 1.807) is 30.6 Å². The fourth-order valence-electron chi connectivity index (χ4n) is 1.27. The lowest BCUT2D eigenvalue weighted by Crippen LogP contribution is -2.41. The average molecular weight is 360 g/mol. The summed E-state index contributed by atoms with van der Waals surface area (Å²) in [5, 5.41) is 7.55. The van der Waals surface area contributed by atoms with Crippen LogP contribution in [0.15, 0.2) is 27.5 Å². The number of carbonyl (C=O) groups excluding carboxylic acids is 2. The van der Waals surface area contributed by atoms with Crippen LogP contribution >= 0.6 is 38.6 Å². The van der Waals surface area contributed by atoms with Gasteiger partial charge in [0.05, 0.1) is 8.66 Å². The summed E-state index contributed by atoms with van der Waals surface area (Å²) in [5.41, 5.74) is 0. The largest absolute Gasteiger partial charge is 0.340 e. The van der Waals surface area contributed by atoms with Crippen LogP contribution in [0.3, 0.4) is 0 Å². The molecule has 0 radical (unpaired) electrons. The van der Waals surface area contributed by atoms with Crippen molar-refractivity contribution in [3.05, 3.63) is 32.4 Å². The summed E-state index contributed by atoms with van der Waals surface area (Å²) in [6.45, 7) is 1.63. The smallest absolute Gasteiger partial charge is 0.262 e. The van der Waals surface area contributed by atoms with Crippen LogP contribution in [0.25, 0.3) is 0 Å². The predicted octanol–water partition coefficient (Wildman–Crippen LogP) is 2.72. The number of nitrogens with zero attached hydrogens (tertiary/aromatic N) is 1. The monoisotopic (exact) mass is 359 g/mol. The molecular formula is C11H10BrN3O2S2. The molecule has 2 aromatic rings. The maximum atomic E-state index is 11.9. The van der Waals surface area contributed by atoms with Gasteiger partial charge in [-0.2, -0.15) is 0 Å². The summed E-state index contributed by atoms with van der Waals surface area (Å²) in [5.74, 6) is -0.559. The van der Waals surface area contributed by atoms with Crippen LogP contribution in [0, 0.1) is 0 Å². The number of hydrogen-bond acceptors (Lipinski definition) is 5. The molecule has 0 aliphatic rings. The number of anilines is 1. The predicted molar refractivity (Wildman–Crippen MR) is 79.7 cm³/mol. The first-order valence-electron chi connectivity index (χ1n) is 5.33. The maximum Gasteiger partial charge on any atom is 0.262 e. The molecule has 0 aliphatic heterocycles. The minimum absolute atomic E-state index is 0.266. The van der Waals surface area contributed by atoms with Gasteiger partial charge in [0, 0.05) is 11.6 Å². The van der Waals surface area contributed by atoms with Crippen molar-refractivity contribution in [1.29, 1.82) is 0 Å². The average Bonchev–Trinajstić information content (AvgIpc) is 3.00. The number of nitrogens with one attached hydrogen (secondary N) is 2. The molecule has 1 unspecified atom stereocenters. The van der Waals surface area contributed by atoms with Crippen LogP contribution in [0.2, 0.25) is 0 Å². The molecule has 0 bridgehead atoms. The quantitative estimate of drug-likeness (QED) is 0.881. The van der Waals surface area contributed by atoms with Crippen LogP contribution in [0.4, 0.5) is 5.13 Å². The zero-order valence-electron chi connectivity index (χ0n) is 9.84. The molecule has 2 aromatic heterocycles. The highest BCUT2D eigenvalue weighted by Crippen LogP contribution is 2.21. The number of thiophene rings is 1. The molecule has 0 aromatic carbocycles. The minimum Gasteiger partial charge on any atom is -0.340 e. The van der Waals surface area contributed by atoms with Crippen LogP contribution in [-0.4, -0.2) is 22.8 Å². The van der Waals surface area contributed by atoms with E-state index in [0.717, 1.165) is 3.79 Å². The van der Waals surface area contributed by atoms with Crippen molar-refractivity contribution in [2.24, 2.45) is 0 Å². The Morgan fingerprint density at radius 1 is 1.42 bits per heavy atom. The highest BCUT2D eigenvalue weighted by molar-refractivity contribution is 9.11. The Balaban J connectivity index is 1.91. The summed E-state index contributed by atoms with van der Waals surface area (Å²) < 4.78 is 0.873. The van der Waals surface area contributed by atoms with E-state index >= 15 is 0 Å². The molecule has 0 spiro atoms. The second-order valence-electron chi connectivity index (χ2n) is 3.63. The minimum atomic E-state index is -0.628. The van der Waals surface area contributed by atoms with Gasteiger partial charge in [0.2, 0.25) is 5.91 Å². The van der Waals surface area contributed by atoms with Gasteiger partial charge < -0.3 is 10.6 Å². The van der Waals surface area contributed by atoms with Gasteiger partial charge in [-0.3, -0.25) is 9.59 Å². The van der Waals surface area contributed by atoms with Gasteiger partial charge in [-0.05, 0) is 35.0 Å². The lowest BCUT2D eigenvalue weighted by Gasteiger charge is -2.12. The van der Waals surface area contributed by atoms with Crippen molar-refractivity contribution < 1.29 is 9.59 Å². The first kappa shape index (κ1) is 14.2. The highest BCUT2D eigenvalue weighted by Gasteiger charge is 2.18. The van der Waals surface area contributed by atoms with E-state index < -0.39 is 6.04 Å². The van der Waals surface area contributed by atoms with Gasteiger partial charge in [0.1, 0.15) is 6.04 Å². The van der Waals surface area contributed by atoms with Crippen LogP contribution in [-0.2, 0) is 4.79 Å². The van der Waals surface area contributed by atoms with Gasteiger partial charge in [-0.15, -0.1) is 22.7 Å². The van der Waals surface area contributed by atoms with Gasteiger partial charge in [0.15, 0.2) is 5.13 Å². The summed E-state index contributed by atoms with van der Waals surface area (Å²) in [4.78, 5) is 28.2. The first-order chi connectivity index (χ1) is 9.06. The molecule has 5 nitrogen and oxygen atoms in total. The van der Waals surface area contributed by atoms with Gasteiger partial charge in [-0.1, -0.05) is 0 Å². The Labute approximate surface area is 126 Å². The fraction of sp³-hybridized carbons (Fsp3) is 0.182. The van der Waals surface area contributed by atoms with Crippen molar-refractivity contribution in [2.45, 2.75) is 13.0 Å². The molecule has 19 heavy (non-hydrogen) atoms. The molecule has 0 saturated carbocycles. The van der Waals surface area contributed by atoms with Crippen LogP contribution in [0.1, 0.15) is 16.6 Å². The zero-order valence-corrected chi connectivity index (χ0v) is 13.1. The van der Waals surface area contributed by atoms with E-state index in [1.165, 1.54) is 22.7 Å². The summed E-state index contributed by atoms with van der Waals surface area (Å²) in [6, 6.07) is 2.87. The SMILES string of the molecule is CC(NC(=O)c1ccc(Br)s1)C(=O)Nc1nccs1. The van der Waals surface area contributed by atoms with Crippen molar-refractivity contribution in [3.8, 4) is 0 Å². The first-order valence-corrected chi connectivity index (χ1v) is 7.81. The lowest BCUT2D eigenvalue weighted by atomic mass is 10.3. The fourth-order valence-corrected chi connectivity index (χ4v) is 3.09. The van der Waals surface area contributed by atoms with Gasteiger partial charge in [-0.25, -0.2) is 4.98 Å². The molecule has 2 N–H and O–H groups in total. The van der Waals surface area contributed by atoms with E-state index in [1.807, 2.05) is 0 Å². The summed E-state index contributed by atoms with van der Waals surface area (Å²) in [7, 11) is 0. The highest BCUT2D eigenvalue weighted by atomic mass is 79.9. The number of thiazole rings is 1. The molecule has 8 heteroatoms. The Hall–Kier alpha value is -1.25. The molecule has 2 rings (SSSR count). The number of carbonyl (C=O) groups is 2. The summed E-state index contributed by atoms with van der Waals surface area (Å²) in [6.07, 6.45) is 1.60. The van der Waals surface area contributed by atoms with E-state index in [0.29, 0.717) is 10.0 Å². The standard InChI is InChI=1S/C11H10BrN3O2S2/c1-6(9(16)15-11-13-4-5-18-11)14-10(17)7-2-3-8(12)19-7/h2-6H,1H3,(H,14,17)(H,13,15,16). The lowest BCUT2D eigenvalue weighted by molar-refractivity contribution is -0.117. The van der Waals surface area contributed by atoms with Gasteiger partial charge >= 0.3 is 0 Å². The topological polar surface area (TPSA) is 71.1 Å². The third-order valence-corrected chi connectivity index (χ3v) is 4.51.